The molecule has 0 aliphatic heterocycles. The van der Waals surface area contributed by atoms with Gasteiger partial charge in [-0.15, -0.1) is 0 Å². The molecular formula is C25H38N2O2. The summed E-state index contributed by atoms with van der Waals surface area (Å²) in [6.45, 7) is 7.51. The van der Waals surface area contributed by atoms with Crippen molar-refractivity contribution in [2.45, 2.75) is 90.7 Å². The predicted octanol–water partition coefficient (Wildman–Crippen LogP) is 4.86. The van der Waals surface area contributed by atoms with Gasteiger partial charge in [0.15, 0.2) is 5.78 Å². The highest BCUT2D eigenvalue weighted by Gasteiger charge is 2.61. The average Bonchev–Trinajstić information content (AvgIpc) is 3.29. The first kappa shape index (κ1) is 19.8. The lowest BCUT2D eigenvalue weighted by Crippen LogP contribution is -2.55. The van der Waals surface area contributed by atoms with Crippen LogP contribution in [0.5, 0.6) is 0 Å². The van der Waals surface area contributed by atoms with E-state index in [-0.39, 0.29) is 11.3 Å². The summed E-state index contributed by atoms with van der Waals surface area (Å²) in [6, 6.07) is 0. The van der Waals surface area contributed by atoms with Gasteiger partial charge in [0.05, 0.1) is 18.5 Å². The van der Waals surface area contributed by atoms with Gasteiger partial charge >= 0.3 is 0 Å². The van der Waals surface area contributed by atoms with E-state index in [1.807, 2.05) is 17.7 Å². The largest absolute Gasteiger partial charge is 0.390 e. The zero-order valence-electron chi connectivity index (χ0n) is 18.4. The molecule has 4 nitrogen and oxygen atoms in total. The highest BCUT2D eigenvalue weighted by atomic mass is 16.3. The Bertz CT molecular complexity index is 772. The Morgan fingerprint density at radius 3 is 2.59 bits per heavy atom. The number of carbonyl (C=O) groups is 1. The van der Waals surface area contributed by atoms with E-state index < -0.39 is 5.60 Å². The Morgan fingerprint density at radius 1 is 1.03 bits per heavy atom. The molecule has 0 aromatic carbocycles. The highest BCUT2D eigenvalue weighted by Crippen LogP contribution is 2.68. The van der Waals surface area contributed by atoms with Gasteiger partial charge in [-0.25, -0.2) is 4.98 Å². The fraction of sp³-hybridized carbons (Fsp3) is 0.840. The van der Waals surface area contributed by atoms with Crippen molar-refractivity contribution >= 4 is 5.78 Å². The normalized spacial score (nSPS) is 49.2. The van der Waals surface area contributed by atoms with Gasteiger partial charge in [-0.2, -0.15) is 0 Å². The van der Waals surface area contributed by atoms with Gasteiger partial charge in [0.2, 0.25) is 0 Å². The van der Waals surface area contributed by atoms with Crippen LogP contribution in [0.25, 0.3) is 0 Å². The fourth-order valence-corrected chi connectivity index (χ4v) is 8.63. The SMILES string of the molecule is CC1(O)CC[C@@]2(C)C(CC[C@H]3[C@@H]4CC[C@H](C(=O)Cn5ccnc5)[C@@]4(C)CC[C@@H]32)C1. The van der Waals surface area contributed by atoms with Crippen molar-refractivity contribution in [3.8, 4) is 0 Å². The molecule has 0 bridgehead atoms. The number of Topliss-reactive ketones (excluding diaryl/α,β-unsaturated/α-hetero) is 1. The zero-order chi connectivity index (χ0) is 20.4. The minimum absolute atomic E-state index is 0.183. The van der Waals surface area contributed by atoms with E-state index >= 15 is 0 Å². The van der Waals surface area contributed by atoms with Gasteiger partial charge in [-0.1, -0.05) is 13.8 Å². The molecule has 1 aromatic heterocycles. The molecule has 4 saturated carbocycles. The Balaban J connectivity index is 1.36. The fourth-order valence-electron chi connectivity index (χ4n) is 8.63. The number of hydrogen-bond donors (Lipinski definition) is 1. The lowest BCUT2D eigenvalue weighted by molar-refractivity contribution is -0.151. The van der Waals surface area contributed by atoms with Crippen LogP contribution >= 0.6 is 0 Å². The Morgan fingerprint density at radius 2 is 1.83 bits per heavy atom. The smallest absolute Gasteiger partial charge is 0.156 e. The molecule has 4 fully saturated rings. The number of rotatable bonds is 3. The molecule has 1 N–H and O–H groups in total. The molecular weight excluding hydrogens is 360 g/mol. The standard InChI is InChI=1S/C25H38N2O2/c1-23(29)10-11-24(2)17(14-23)4-5-18-19-6-7-21(25(19,3)9-8-20(18)24)22(28)15-27-13-12-26-16-27/h12-13,16-21,29H,4-11,14-15H2,1-3H3/t17?,18-,19-,20-,21+,23?,24-,25-/m0/s1. The van der Waals surface area contributed by atoms with Crippen LogP contribution in [0.1, 0.15) is 78.6 Å². The van der Waals surface area contributed by atoms with E-state index in [4.69, 9.17) is 0 Å². The molecule has 29 heavy (non-hydrogen) atoms. The first-order valence-corrected chi connectivity index (χ1v) is 11.9. The second kappa shape index (κ2) is 6.67. The van der Waals surface area contributed by atoms with Gasteiger partial charge in [-0.3, -0.25) is 4.79 Å². The summed E-state index contributed by atoms with van der Waals surface area (Å²) in [6.07, 6.45) is 15.9. The quantitative estimate of drug-likeness (QED) is 0.791. The Labute approximate surface area is 175 Å². The van der Waals surface area contributed by atoms with E-state index in [1.165, 1.54) is 38.5 Å². The molecule has 0 saturated heterocycles. The van der Waals surface area contributed by atoms with E-state index in [2.05, 4.69) is 18.8 Å². The molecule has 0 spiro atoms. The lowest BCUT2D eigenvalue weighted by Gasteiger charge is -2.61. The summed E-state index contributed by atoms with van der Waals surface area (Å²) in [5, 5.41) is 10.7. The molecule has 160 valence electrons. The Kier molecular flexibility index (Phi) is 4.55. The number of nitrogens with zero attached hydrogens (tertiary/aromatic N) is 2. The summed E-state index contributed by atoms with van der Waals surface area (Å²) < 4.78 is 1.94. The molecule has 5 rings (SSSR count). The summed E-state index contributed by atoms with van der Waals surface area (Å²) in [5.74, 6) is 3.59. The third-order valence-corrected chi connectivity index (χ3v) is 10.2. The second-order valence-electron chi connectivity index (χ2n) is 11.7. The van der Waals surface area contributed by atoms with E-state index in [0.717, 1.165) is 31.1 Å². The summed E-state index contributed by atoms with van der Waals surface area (Å²) in [4.78, 5) is 17.3. The van der Waals surface area contributed by atoms with Gasteiger partial charge in [0.1, 0.15) is 0 Å². The van der Waals surface area contributed by atoms with Crippen LogP contribution in [0.4, 0.5) is 0 Å². The zero-order valence-corrected chi connectivity index (χ0v) is 18.4. The predicted molar refractivity (Wildman–Crippen MR) is 113 cm³/mol. The molecule has 4 aliphatic rings. The third-order valence-electron chi connectivity index (χ3n) is 10.2. The second-order valence-corrected chi connectivity index (χ2v) is 11.7. The van der Waals surface area contributed by atoms with Crippen molar-refractivity contribution in [1.29, 1.82) is 0 Å². The van der Waals surface area contributed by atoms with Gasteiger partial charge < -0.3 is 9.67 Å². The summed E-state index contributed by atoms with van der Waals surface area (Å²) in [7, 11) is 0. The number of hydrogen-bond acceptors (Lipinski definition) is 3. The minimum atomic E-state index is -0.460. The number of imidazole rings is 1. The minimum Gasteiger partial charge on any atom is -0.390 e. The number of aliphatic hydroxyl groups is 1. The third kappa shape index (κ3) is 3.04. The van der Waals surface area contributed by atoms with Crippen LogP contribution in [-0.2, 0) is 11.3 Å². The maximum atomic E-state index is 13.2. The first-order chi connectivity index (χ1) is 13.7. The number of carbonyl (C=O) groups excluding carboxylic acids is 1. The lowest BCUT2D eigenvalue weighted by atomic mass is 9.44. The van der Waals surface area contributed by atoms with Crippen LogP contribution in [0.3, 0.4) is 0 Å². The van der Waals surface area contributed by atoms with E-state index in [0.29, 0.717) is 29.6 Å². The highest BCUT2D eigenvalue weighted by molar-refractivity contribution is 5.82. The molecule has 0 radical (unpaired) electrons. The molecule has 1 heterocycles. The topological polar surface area (TPSA) is 55.1 Å². The van der Waals surface area contributed by atoms with Crippen molar-refractivity contribution < 1.29 is 9.90 Å². The Hall–Kier alpha value is -1.16. The van der Waals surface area contributed by atoms with Gasteiger partial charge in [0, 0.05) is 18.3 Å². The van der Waals surface area contributed by atoms with Gasteiger partial charge in [-0.05, 0) is 99.2 Å². The molecule has 4 heteroatoms. The molecule has 0 amide bonds. The van der Waals surface area contributed by atoms with E-state index in [1.54, 1.807) is 12.5 Å². The van der Waals surface area contributed by atoms with Crippen molar-refractivity contribution in [3.63, 3.8) is 0 Å². The van der Waals surface area contributed by atoms with Crippen LogP contribution < -0.4 is 0 Å². The van der Waals surface area contributed by atoms with Crippen LogP contribution in [0.2, 0.25) is 0 Å². The maximum absolute atomic E-state index is 13.2. The van der Waals surface area contributed by atoms with Crippen molar-refractivity contribution in [3.05, 3.63) is 18.7 Å². The molecule has 4 aliphatic carbocycles. The van der Waals surface area contributed by atoms with E-state index in [9.17, 15) is 9.90 Å². The van der Waals surface area contributed by atoms with Crippen molar-refractivity contribution in [2.24, 2.45) is 40.4 Å². The van der Waals surface area contributed by atoms with Crippen LogP contribution in [0.15, 0.2) is 18.7 Å². The summed E-state index contributed by atoms with van der Waals surface area (Å²) in [5.41, 5.74) is 0.117. The number of aromatic nitrogens is 2. The van der Waals surface area contributed by atoms with Crippen molar-refractivity contribution in [2.75, 3.05) is 0 Å². The van der Waals surface area contributed by atoms with Gasteiger partial charge in [0.25, 0.3) is 0 Å². The molecule has 8 atom stereocenters. The molecule has 1 aromatic rings. The average molecular weight is 399 g/mol. The molecule has 2 unspecified atom stereocenters. The number of ketones is 1. The summed E-state index contributed by atoms with van der Waals surface area (Å²) >= 11 is 0. The van der Waals surface area contributed by atoms with Crippen LogP contribution in [-0.4, -0.2) is 26.0 Å². The van der Waals surface area contributed by atoms with Crippen molar-refractivity contribution in [1.82, 2.24) is 9.55 Å². The maximum Gasteiger partial charge on any atom is 0.156 e. The monoisotopic (exact) mass is 398 g/mol. The number of fused-ring (bicyclic) bond motifs is 5. The first-order valence-electron chi connectivity index (χ1n) is 11.9. The van der Waals surface area contributed by atoms with Crippen LogP contribution in [0, 0.1) is 40.4 Å².